The lowest BCUT2D eigenvalue weighted by Crippen LogP contribution is -1.85. The number of hydrogen-bond donors (Lipinski definition) is 1. The molecule has 0 fully saturated rings. The van der Waals surface area contributed by atoms with Crippen molar-refractivity contribution in [1.82, 2.24) is 15.0 Å². The first-order valence-corrected chi connectivity index (χ1v) is 4.99. The van der Waals surface area contributed by atoms with Gasteiger partial charge in [0.25, 0.3) is 0 Å². The maximum atomic E-state index is 8.87. The van der Waals surface area contributed by atoms with Gasteiger partial charge in [-0.1, -0.05) is 11.6 Å². The van der Waals surface area contributed by atoms with Crippen molar-refractivity contribution in [1.29, 1.82) is 5.26 Å². The molecule has 0 atom stereocenters. The second-order valence-corrected chi connectivity index (χ2v) is 3.77. The number of aromatic amines is 1. The summed E-state index contributed by atoms with van der Waals surface area (Å²) in [6, 6.07) is 5.73. The van der Waals surface area contributed by atoms with Crippen LogP contribution in [0.1, 0.15) is 5.56 Å². The number of benzene rings is 1. The van der Waals surface area contributed by atoms with Gasteiger partial charge in [-0.25, -0.2) is 9.97 Å². The molecule has 0 unspecified atom stereocenters. The monoisotopic (exact) mass is 228 g/mol. The molecule has 3 aromatic rings. The highest BCUT2D eigenvalue weighted by atomic mass is 35.5. The summed E-state index contributed by atoms with van der Waals surface area (Å²) in [6.45, 7) is 0. The Labute approximate surface area is 95.5 Å². The van der Waals surface area contributed by atoms with Crippen molar-refractivity contribution in [2.75, 3.05) is 0 Å². The van der Waals surface area contributed by atoms with E-state index in [0.29, 0.717) is 10.6 Å². The summed E-state index contributed by atoms with van der Waals surface area (Å²) >= 11 is 6.12. The van der Waals surface area contributed by atoms with Crippen molar-refractivity contribution in [3.8, 4) is 6.07 Å². The SMILES string of the molecule is N#Cc1c[nH]c2cc3ncnc3cc2c1Cl. The maximum Gasteiger partial charge on any atom is 0.116 e. The Kier molecular flexibility index (Phi) is 1.82. The molecule has 5 heteroatoms. The van der Waals surface area contributed by atoms with E-state index in [0.717, 1.165) is 21.9 Å². The minimum atomic E-state index is 0.424. The highest BCUT2D eigenvalue weighted by Gasteiger charge is 2.08. The van der Waals surface area contributed by atoms with Crippen LogP contribution in [0.15, 0.2) is 24.7 Å². The first kappa shape index (κ1) is 9.13. The van der Waals surface area contributed by atoms with Gasteiger partial charge in [0, 0.05) is 17.1 Å². The number of aromatic nitrogens is 3. The zero-order chi connectivity index (χ0) is 11.1. The first-order chi connectivity index (χ1) is 7.79. The molecule has 2 aromatic heterocycles. The third-order valence-electron chi connectivity index (χ3n) is 2.47. The lowest BCUT2D eigenvalue weighted by Gasteiger charge is -2.02. The summed E-state index contributed by atoms with van der Waals surface area (Å²) in [6.07, 6.45) is 3.09. The van der Waals surface area contributed by atoms with Crippen LogP contribution in [-0.4, -0.2) is 15.0 Å². The van der Waals surface area contributed by atoms with E-state index in [9.17, 15) is 0 Å². The van der Waals surface area contributed by atoms with Crippen LogP contribution in [0.25, 0.3) is 21.9 Å². The normalized spacial score (nSPS) is 10.8. The van der Waals surface area contributed by atoms with Gasteiger partial charge in [0.15, 0.2) is 0 Å². The predicted octanol–water partition coefficient (Wildman–Crippen LogP) is 2.64. The molecule has 76 valence electrons. The van der Waals surface area contributed by atoms with Crippen LogP contribution in [-0.2, 0) is 0 Å². The molecule has 3 rings (SSSR count). The Hall–Kier alpha value is -2.12. The third-order valence-corrected chi connectivity index (χ3v) is 2.88. The van der Waals surface area contributed by atoms with Crippen LogP contribution < -0.4 is 0 Å². The van der Waals surface area contributed by atoms with Gasteiger partial charge in [0.05, 0.1) is 21.6 Å². The molecule has 0 radical (unpaired) electrons. The van der Waals surface area contributed by atoms with Crippen LogP contribution >= 0.6 is 11.6 Å². The molecule has 0 aliphatic carbocycles. The number of pyridine rings is 1. The Bertz CT molecular complexity index is 739. The minimum Gasteiger partial charge on any atom is -0.360 e. The fourth-order valence-corrected chi connectivity index (χ4v) is 1.93. The molecule has 2 heterocycles. The molecule has 0 aliphatic heterocycles. The smallest absolute Gasteiger partial charge is 0.116 e. The van der Waals surface area contributed by atoms with Gasteiger partial charge < -0.3 is 4.98 Å². The van der Waals surface area contributed by atoms with Gasteiger partial charge in [-0.15, -0.1) is 0 Å². The number of nitrogens with zero attached hydrogens (tertiary/aromatic N) is 3. The number of halogens is 1. The van der Waals surface area contributed by atoms with E-state index in [1.807, 2.05) is 18.2 Å². The average Bonchev–Trinajstić information content (AvgIpc) is 2.74. The summed E-state index contributed by atoms with van der Waals surface area (Å²) in [7, 11) is 0. The van der Waals surface area contributed by atoms with E-state index in [1.54, 1.807) is 6.20 Å². The Morgan fingerprint density at radius 2 is 2.00 bits per heavy atom. The summed E-state index contributed by atoms with van der Waals surface area (Å²) < 4.78 is 0. The summed E-state index contributed by atoms with van der Waals surface area (Å²) in [5.74, 6) is 0. The molecule has 4 nitrogen and oxygen atoms in total. The van der Waals surface area contributed by atoms with Gasteiger partial charge in [-0.3, -0.25) is 0 Å². The number of hydrogen-bond acceptors (Lipinski definition) is 3. The van der Waals surface area contributed by atoms with E-state index in [4.69, 9.17) is 16.9 Å². The van der Waals surface area contributed by atoms with E-state index in [2.05, 4.69) is 15.0 Å². The highest BCUT2D eigenvalue weighted by Crippen LogP contribution is 2.27. The average molecular weight is 229 g/mol. The van der Waals surface area contributed by atoms with Crippen molar-refractivity contribution in [2.45, 2.75) is 0 Å². The zero-order valence-corrected chi connectivity index (χ0v) is 8.78. The molecule has 0 spiro atoms. The van der Waals surface area contributed by atoms with Crippen molar-refractivity contribution >= 4 is 33.5 Å². The fraction of sp³-hybridized carbons (Fsp3) is 0. The second-order valence-electron chi connectivity index (χ2n) is 3.39. The van der Waals surface area contributed by atoms with E-state index in [1.165, 1.54) is 6.33 Å². The molecule has 0 bridgehead atoms. The van der Waals surface area contributed by atoms with Crippen molar-refractivity contribution in [2.24, 2.45) is 0 Å². The standard InChI is InChI=1S/C11H5ClN4/c12-11-6(3-13)4-14-8-2-10-9(1-7(8)11)15-5-16-10/h1-2,4-5,14H. The maximum absolute atomic E-state index is 8.87. The first-order valence-electron chi connectivity index (χ1n) is 4.61. The van der Waals surface area contributed by atoms with E-state index < -0.39 is 0 Å². The van der Waals surface area contributed by atoms with Gasteiger partial charge in [-0.2, -0.15) is 5.26 Å². The molecule has 1 N–H and O–H groups in total. The lowest BCUT2D eigenvalue weighted by atomic mass is 10.1. The second kappa shape index (κ2) is 3.19. The van der Waals surface area contributed by atoms with Crippen LogP contribution in [0.2, 0.25) is 5.02 Å². The highest BCUT2D eigenvalue weighted by molar-refractivity contribution is 6.36. The molecular formula is C11H5ClN4. The summed E-state index contributed by atoms with van der Waals surface area (Å²) in [4.78, 5) is 11.2. The van der Waals surface area contributed by atoms with Crippen LogP contribution in [0, 0.1) is 11.3 Å². The topological polar surface area (TPSA) is 65.4 Å². The molecular weight excluding hydrogens is 224 g/mol. The molecule has 0 saturated carbocycles. The number of imidazole rings is 1. The molecule has 1 aromatic carbocycles. The van der Waals surface area contributed by atoms with Gasteiger partial charge in [-0.05, 0) is 12.1 Å². The molecule has 0 amide bonds. The number of nitrogens with one attached hydrogen (secondary N) is 1. The molecule has 0 saturated heterocycles. The van der Waals surface area contributed by atoms with E-state index >= 15 is 0 Å². The minimum absolute atomic E-state index is 0.424. The van der Waals surface area contributed by atoms with Gasteiger partial charge >= 0.3 is 0 Å². The third kappa shape index (κ3) is 1.16. The van der Waals surface area contributed by atoms with Crippen molar-refractivity contribution in [3.05, 3.63) is 35.2 Å². The zero-order valence-electron chi connectivity index (χ0n) is 8.03. The number of H-pyrrole nitrogens is 1. The van der Waals surface area contributed by atoms with Crippen LogP contribution in [0.3, 0.4) is 0 Å². The van der Waals surface area contributed by atoms with Gasteiger partial charge in [0.2, 0.25) is 0 Å². The van der Waals surface area contributed by atoms with Crippen LogP contribution in [0.5, 0.6) is 0 Å². The Morgan fingerprint density at radius 3 is 2.75 bits per heavy atom. The Morgan fingerprint density at radius 1 is 1.25 bits per heavy atom. The molecule has 16 heavy (non-hydrogen) atoms. The number of nitriles is 1. The molecule has 0 aliphatic rings. The number of fused-ring (bicyclic) bond motifs is 2. The predicted molar refractivity (Wildman–Crippen MR) is 61.1 cm³/mol. The summed E-state index contributed by atoms with van der Waals surface area (Å²) in [5.41, 5.74) is 2.85. The quantitative estimate of drug-likeness (QED) is 0.643. The lowest BCUT2D eigenvalue weighted by molar-refractivity contribution is 1.34. The Balaban J connectivity index is 2.51. The van der Waals surface area contributed by atoms with Gasteiger partial charge in [0.1, 0.15) is 12.4 Å². The van der Waals surface area contributed by atoms with E-state index in [-0.39, 0.29) is 0 Å². The van der Waals surface area contributed by atoms with Crippen LogP contribution in [0.4, 0.5) is 0 Å². The fourth-order valence-electron chi connectivity index (χ4n) is 1.68. The summed E-state index contributed by atoms with van der Waals surface area (Å²) in [5, 5.41) is 10.1. The number of rotatable bonds is 0. The largest absolute Gasteiger partial charge is 0.360 e. The van der Waals surface area contributed by atoms with Crippen molar-refractivity contribution < 1.29 is 0 Å². The van der Waals surface area contributed by atoms with Crippen molar-refractivity contribution in [3.63, 3.8) is 0 Å².